The highest BCUT2D eigenvalue weighted by atomic mass is 32.2. The highest BCUT2D eigenvalue weighted by Gasteiger charge is 2.35. The van der Waals surface area contributed by atoms with Crippen LogP contribution in [0.3, 0.4) is 0 Å². The zero-order chi connectivity index (χ0) is 21.7. The Morgan fingerprint density at radius 2 is 1.80 bits per heavy atom. The van der Waals surface area contributed by atoms with Gasteiger partial charge in [0.1, 0.15) is 5.75 Å². The third kappa shape index (κ3) is 4.80. The number of carbonyl (C=O) groups is 2. The summed E-state index contributed by atoms with van der Waals surface area (Å²) in [5.74, 6) is -1.24. The van der Waals surface area contributed by atoms with Gasteiger partial charge in [-0.25, -0.2) is 8.42 Å². The molecule has 3 rings (SSSR count). The summed E-state index contributed by atoms with van der Waals surface area (Å²) < 4.78 is 32.5. The van der Waals surface area contributed by atoms with Crippen molar-refractivity contribution in [3.63, 3.8) is 0 Å². The standard InChI is InChI=1S/C21H25N3O5S/c1-15-9-11-17(12-10-15)30(27,28)24-13-5-6-16(24)14-22-20(25)21(26)23-18-7-3-4-8-19(18)29-2/h3-4,7-12,16H,5-6,13-14H2,1-2H3,(H,22,25)(H,23,26)/t16-/m0/s1. The van der Waals surface area contributed by atoms with Gasteiger partial charge in [-0.1, -0.05) is 29.8 Å². The first-order chi connectivity index (χ1) is 14.3. The van der Waals surface area contributed by atoms with Gasteiger partial charge in [-0.2, -0.15) is 4.31 Å². The lowest BCUT2D eigenvalue weighted by Crippen LogP contribution is -2.45. The van der Waals surface area contributed by atoms with Gasteiger partial charge in [-0.3, -0.25) is 9.59 Å². The summed E-state index contributed by atoms with van der Waals surface area (Å²) in [5.41, 5.74) is 1.35. The van der Waals surface area contributed by atoms with Gasteiger partial charge in [0.25, 0.3) is 0 Å². The van der Waals surface area contributed by atoms with E-state index in [2.05, 4.69) is 10.6 Å². The van der Waals surface area contributed by atoms with Crippen LogP contribution in [-0.2, 0) is 19.6 Å². The molecule has 160 valence electrons. The molecule has 0 bridgehead atoms. The van der Waals surface area contributed by atoms with Crippen molar-refractivity contribution in [1.29, 1.82) is 0 Å². The van der Waals surface area contributed by atoms with Crippen molar-refractivity contribution in [1.82, 2.24) is 9.62 Å². The number of hydrogen-bond acceptors (Lipinski definition) is 5. The first-order valence-electron chi connectivity index (χ1n) is 9.63. The quantitative estimate of drug-likeness (QED) is 0.680. The summed E-state index contributed by atoms with van der Waals surface area (Å²) in [6, 6.07) is 13.0. The zero-order valence-corrected chi connectivity index (χ0v) is 17.7. The molecular weight excluding hydrogens is 406 g/mol. The fourth-order valence-electron chi connectivity index (χ4n) is 3.39. The van der Waals surface area contributed by atoms with E-state index in [1.165, 1.54) is 11.4 Å². The molecule has 30 heavy (non-hydrogen) atoms. The average Bonchev–Trinajstić information content (AvgIpc) is 3.22. The minimum Gasteiger partial charge on any atom is -0.495 e. The molecule has 1 atom stereocenters. The monoisotopic (exact) mass is 431 g/mol. The van der Waals surface area contributed by atoms with Crippen LogP contribution in [0, 0.1) is 6.92 Å². The molecule has 0 saturated carbocycles. The number of aryl methyl sites for hydroxylation is 1. The van der Waals surface area contributed by atoms with Gasteiger partial charge in [-0.15, -0.1) is 0 Å². The summed E-state index contributed by atoms with van der Waals surface area (Å²) in [6.07, 6.45) is 1.30. The van der Waals surface area contributed by atoms with Crippen LogP contribution in [-0.4, -0.2) is 50.8 Å². The number of ether oxygens (including phenoxy) is 1. The number of sulfonamides is 1. The minimum absolute atomic E-state index is 0.0588. The molecule has 1 aliphatic heterocycles. The van der Waals surface area contributed by atoms with Crippen molar-refractivity contribution in [2.45, 2.75) is 30.7 Å². The van der Waals surface area contributed by atoms with E-state index in [-0.39, 0.29) is 11.4 Å². The Morgan fingerprint density at radius 3 is 2.50 bits per heavy atom. The van der Waals surface area contributed by atoms with E-state index >= 15 is 0 Å². The van der Waals surface area contributed by atoms with E-state index in [9.17, 15) is 18.0 Å². The number of hydrogen-bond donors (Lipinski definition) is 2. The summed E-state index contributed by atoms with van der Waals surface area (Å²) in [6.45, 7) is 2.33. The third-order valence-electron chi connectivity index (χ3n) is 5.01. The number of nitrogens with zero attached hydrogens (tertiary/aromatic N) is 1. The number of rotatable bonds is 6. The van der Waals surface area contributed by atoms with Gasteiger partial charge in [-0.05, 0) is 44.0 Å². The van der Waals surface area contributed by atoms with Crippen LogP contribution in [0.5, 0.6) is 5.75 Å². The Bertz CT molecular complexity index is 1020. The molecule has 1 fully saturated rings. The Kier molecular flexibility index (Phi) is 6.73. The molecule has 2 N–H and O–H groups in total. The molecule has 0 aliphatic carbocycles. The van der Waals surface area contributed by atoms with Gasteiger partial charge in [0.15, 0.2) is 0 Å². The van der Waals surface area contributed by atoms with E-state index in [0.717, 1.165) is 5.56 Å². The minimum atomic E-state index is -3.67. The maximum atomic E-state index is 13.0. The SMILES string of the molecule is COc1ccccc1NC(=O)C(=O)NC[C@@H]1CCCN1S(=O)(=O)c1ccc(C)cc1. The molecule has 2 aromatic rings. The number of methoxy groups -OCH3 is 1. The number of amides is 2. The fourth-order valence-corrected chi connectivity index (χ4v) is 5.09. The molecule has 0 radical (unpaired) electrons. The highest BCUT2D eigenvalue weighted by molar-refractivity contribution is 7.89. The summed E-state index contributed by atoms with van der Waals surface area (Å²) in [5, 5.41) is 5.05. The van der Waals surface area contributed by atoms with E-state index in [4.69, 9.17) is 4.74 Å². The average molecular weight is 432 g/mol. The summed E-state index contributed by atoms with van der Waals surface area (Å²) in [4.78, 5) is 24.7. The maximum absolute atomic E-state index is 13.0. The lowest BCUT2D eigenvalue weighted by molar-refractivity contribution is -0.136. The van der Waals surface area contributed by atoms with Crippen molar-refractivity contribution in [3.05, 3.63) is 54.1 Å². The molecule has 8 nitrogen and oxygen atoms in total. The highest BCUT2D eigenvalue weighted by Crippen LogP contribution is 2.26. The second-order valence-electron chi connectivity index (χ2n) is 7.09. The van der Waals surface area contributed by atoms with Crippen molar-refractivity contribution in [3.8, 4) is 5.75 Å². The second kappa shape index (κ2) is 9.27. The third-order valence-corrected chi connectivity index (χ3v) is 6.98. The molecule has 2 aromatic carbocycles. The smallest absolute Gasteiger partial charge is 0.313 e. The molecule has 1 saturated heterocycles. The molecule has 0 unspecified atom stereocenters. The van der Waals surface area contributed by atoms with Crippen molar-refractivity contribution >= 4 is 27.5 Å². The number of benzene rings is 2. The van der Waals surface area contributed by atoms with Crippen LogP contribution in [0.2, 0.25) is 0 Å². The van der Waals surface area contributed by atoms with Gasteiger partial charge in [0.05, 0.1) is 17.7 Å². The molecule has 1 heterocycles. The lowest BCUT2D eigenvalue weighted by Gasteiger charge is -2.24. The molecule has 2 amide bonds. The predicted molar refractivity (Wildman–Crippen MR) is 113 cm³/mol. The first-order valence-corrected chi connectivity index (χ1v) is 11.1. The fraction of sp³-hybridized carbons (Fsp3) is 0.333. The number of carbonyl (C=O) groups excluding carboxylic acids is 2. The first kappa shape index (κ1) is 21.8. The maximum Gasteiger partial charge on any atom is 0.313 e. The normalized spacial score (nSPS) is 16.8. The largest absolute Gasteiger partial charge is 0.495 e. The summed E-state index contributed by atoms with van der Waals surface area (Å²) in [7, 11) is -2.20. The van der Waals surface area contributed by atoms with Crippen LogP contribution >= 0.6 is 0 Å². The van der Waals surface area contributed by atoms with Crippen LogP contribution in [0.1, 0.15) is 18.4 Å². The zero-order valence-electron chi connectivity index (χ0n) is 16.9. The molecule has 0 spiro atoms. The number of para-hydroxylation sites is 2. The van der Waals surface area contributed by atoms with Crippen LogP contribution in [0.15, 0.2) is 53.4 Å². The van der Waals surface area contributed by atoms with Crippen molar-refractivity contribution < 1.29 is 22.7 Å². The van der Waals surface area contributed by atoms with Gasteiger partial charge in [0.2, 0.25) is 10.0 Å². The topological polar surface area (TPSA) is 105 Å². The Labute approximate surface area is 176 Å². The van der Waals surface area contributed by atoms with E-state index in [1.54, 1.807) is 48.5 Å². The van der Waals surface area contributed by atoms with Crippen molar-refractivity contribution in [2.75, 3.05) is 25.5 Å². The van der Waals surface area contributed by atoms with Crippen LogP contribution in [0.25, 0.3) is 0 Å². The predicted octanol–water partition coefficient (Wildman–Crippen LogP) is 1.91. The van der Waals surface area contributed by atoms with E-state index in [0.29, 0.717) is 30.8 Å². The molecule has 9 heteroatoms. The molecule has 0 aromatic heterocycles. The second-order valence-corrected chi connectivity index (χ2v) is 8.98. The van der Waals surface area contributed by atoms with Crippen LogP contribution in [0.4, 0.5) is 5.69 Å². The molecular formula is C21H25N3O5S. The molecule has 1 aliphatic rings. The number of nitrogens with one attached hydrogen (secondary N) is 2. The number of anilines is 1. The lowest BCUT2D eigenvalue weighted by atomic mass is 10.2. The van der Waals surface area contributed by atoms with Gasteiger partial charge in [0, 0.05) is 19.1 Å². The Morgan fingerprint density at radius 1 is 1.10 bits per heavy atom. The van der Waals surface area contributed by atoms with E-state index < -0.39 is 27.9 Å². The van der Waals surface area contributed by atoms with Gasteiger partial charge >= 0.3 is 11.8 Å². The van der Waals surface area contributed by atoms with Crippen LogP contribution < -0.4 is 15.4 Å². The Balaban J connectivity index is 1.62. The van der Waals surface area contributed by atoms with Gasteiger partial charge < -0.3 is 15.4 Å². The van der Waals surface area contributed by atoms with E-state index in [1.807, 2.05) is 6.92 Å². The summed E-state index contributed by atoms with van der Waals surface area (Å²) >= 11 is 0. The van der Waals surface area contributed by atoms with Crippen molar-refractivity contribution in [2.24, 2.45) is 0 Å². The Hall–Kier alpha value is -2.91.